The van der Waals surface area contributed by atoms with Crippen LogP contribution in [0, 0.1) is 0 Å². The van der Waals surface area contributed by atoms with E-state index in [0.29, 0.717) is 40.9 Å². The van der Waals surface area contributed by atoms with Gasteiger partial charge in [0, 0.05) is 24.4 Å². The van der Waals surface area contributed by atoms with Gasteiger partial charge in [-0.3, -0.25) is 19.3 Å². The minimum atomic E-state index is -0.275. The normalized spacial score (nSPS) is 15.1. The zero-order valence-electron chi connectivity index (χ0n) is 17.8. The number of amides is 3. The van der Waals surface area contributed by atoms with Crippen LogP contribution < -0.4 is 5.32 Å². The molecule has 0 bridgehead atoms. The largest absolute Gasteiger partial charge is 0.301 e. The Morgan fingerprint density at radius 3 is 2.66 bits per heavy atom. The molecule has 7 nitrogen and oxygen atoms in total. The molecule has 3 amide bonds. The molecular weight excluding hydrogens is 468 g/mol. The lowest BCUT2D eigenvalue weighted by molar-refractivity contribution is -0.123. The van der Waals surface area contributed by atoms with Crippen molar-refractivity contribution in [3.05, 3.63) is 44.8 Å². The number of rotatable bonds is 11. The third kappa shape index (κ3) is 7.15. The first-order chi connectivity index (χ1) is 15.5. The highest BCUT2D eigenvalue weighted by Gasteiger charge is 2.34. The molecule has 1 saturated heterocycles. The maximum Gasteiger partial charge on any atom is 0.293 e. The molecule has 1 aliphatic rings. The van der Waals surface area contributed by atoms with E-state index in [-0.39, 0.29) is 17.1 Å². The van der Waals surface area contributed by atoms with Gasteiger partial charge in [-0.05, 0) is 54.8 Å². The van der Waals surface area contributed by atoms with Crippen LogP contribution in [0.25, 0.3) is 6.08 Å². The first-order valence-electron chi connectivity index (χ1n) is 10.6. The summed E-state index contributed by atoms with van der Waals surface area (Å²) in [4.78, 5) is 38.5. The van der Waals surface area contributed by atoms with Crippen molar-refractivity contribution < 1.29 is 14.4 Å². The summed E-state index contributed by atoms with van der Waals surface area (Å²) in [5.74, 6) is -0.372. The molecule has 1 N–H and O–H groups in total. The molecule has 2 aromatic rings. The summed E-state index contributed by atoms with van der Waals surface area (Å²) in [6.45, 7) is 2.47. The van der Waals surface area contributed by atoms with Crippen molar-refractivity contribution in [1.82, 2.24) is 15.1 Å². The lowest BCUT2D eigenvalue weighted by Crippen LogP contribution is -2.29. The molecule has 1 aliphatic heterocycles. The Bertz CT molecular complexity index is 991. The van der Waals surface area contributed by atoms with Gasteiger partial charge in [0.25, 0.3) is 11.1 Å². The van der Waals surface area contributed by atoms with E-state index in [9.17, 15) is 14.4 Å². The molecule has 0 atom stereocenters. The Hall–Kier alpha value is -2.23. The van der Waals surface area contributed by atoms with Crippen molar-refractivity contribution in [3.63, 3.8) is 0 Å². The Morgan fingerprint density at radius 1 is 1.12 bits per heavy atom. The van der Waals surface area contributed by atoms with E-state index in [1.165, 1.54) is 16.2 Å². The predicted molar refractivity (Wildman–Crippen MR) is 130 cm³/mol. The fourth-order valence-corrected chi connectivity index (χ4v) is 4.84. The van der Waals surface area contributed by atoms with Crippen LogP contribution in [0.1, 0.15) is 56.0 Å². The number of aryl methyl sites for hydroxylation is 1. The lowest BCUT2D eigenvalue weighted by Gasteiger charge is -2.11. The van der Waals surface area contributed by atoms with E-state index in [2.05, 4.69) is 22.4 Å². The number of halogens is 1. The number of benzene rings is 1. The standard InChI is InChI=1S/C22H25ClN4O3S2/c1-2-3-8-19-25-26-21(32-19)24-18(28)7-5-4-6-13-27-20(29)17(31-22(27)30)14-15-9-11-16(23)12-10-15/h9-12,14H,2-8,13H2,1H3,(H,24,26,28). The number of anilines is 1. The van der Waals surface area contributed by atoms with Gasteiger partial charge in [-0.25, -0.2) is 0 Å². The second kappa shape index (κ2) is 12.1. The van der Waals surface area contributed by atoms with Crippen molar-refractivity contribution in [2.24, 2.45) is 0 Å². The van der Waals surface area contributed by atoms with Crippen LogP contribution in [0.5, 0.6) is 0 Å². The molecule has 1 fully saturated rings. The number of carbonyl (C=O) groups excluding carboxylic acids is 3. The molecule has 0 saturated carbocycles. The van der Waals surface area contributed by atoms with Gasteiger partial charge >= 0.3 is 0 Å². The average molecular weight is 493 g/mol. The number of nitrogens with zero attached hydrogens (tertiary/aromatic N) is 3. The van der Waals surface area contributed by atoms with Crippen molar-refractivity contribution in [2.75, 3.05) is 11.9 Å². The van der Waals surface area contributed by atoms with Crippen LogP contribution in [-0.4, -0.2) is 38.7 Å². The fraction of sp³-hybridized carbons (Fsp3) is 0.409. The molecule has 1 aromatic heterocycles. The molecular formula is C22H25ClN4O3S2. The van der Waals surface area contributed by atoms with E-state index in [1.807, 2.05) is 0 Å². The van der Waals surface area contributed by atoms with Crippen molar-refractivity contribution >= 4 is 63.0 Å². The quantitative estimate of drug-likeness (QED) is 0.316. The minimum Gasteiger partial charge on any atom is -0.301 e. The molecule has 3 rings (SSSR count). The van der Waals surface area contributed by atoms with Crippen LogP contribution in [0.4, 0.5) is 9.93 Å². The highest BCUT2D eigenvalue weighted by atomic mass is 35.5. The molecule has 10 heteroatoms. The second-order valence-electron chi connectivity index (χ2n) is 7.35. The zero-order chi connectivity index (χ0) is 22.9. The smallest absolute Gasteiger partial charge is 0.293 e. The molecule has 2 heterocycles. The summed E-state index contributed by atoms with van der Waals surface area (Å²) >= 11 is 8.24. The summed E-state index contributed by atoms with van der Waals surface area (Å²) in [6, 6.07) is 7.08. The monoisotopic (exact) mass is 492 g/mol. The van der Waals surface area contributed by atoms with E-state index in [0.717, 1.165) is 48.0 Å². The van der Waals surface area contributed by atoms with Crippen LogP contribution in [-0.2, 0) is 16.0 Å². The van der Waals surface area contributed by atoms with Gasteiger partial charge in [0.15, 0.2) is 0 Å². The van der Waals surface area contributed by atoms with Gasteiger partial charge in [-0.15, -0.1) is 10.2 Å². The topological polar surface area (TPSA) is 92.3 Å². The van der Waals surface area contributed by atoms with E-state index >= 15 is 0 Å². The number of imide groups is 1. The Morgan fingerprint density at radius 2 is 1.91 bits per heavy atom. The van der Waals surface area contributed by atoms with Gasteiger partial charge in [-0.1, -0.05) is 54.8 Å². The van der Waals surface area contributed by atoms with E-state index < -0.39 is 0 Å². The van der Waals surface area contributed by atoms with Crippen LogP contribution in [0.2, 0.25) is 5.02 Å². The Labute approximate surface area is 200 Å². The molecule has 1 aromatic carbocycles. The molecule has 32 heavy (non-hydrogen) atoms. The number of unbranched alkanes of at least 4 members (excludes halogenated alkanes) is 3. The number of hydrogen-bond acceptors (Lipinski definition) is 7. The molecule has 0 aliphatic carbocycles. The summed E-state index contributed by atoms with van der Waals surface area (Å²) in [5, 5.41) is 12.7. The summed E-state index contributed by atoms with van der Waals surface area (Å²) in [7, 11) is 0. The SMILES string of the molecule is CCCCc1nnc(NC(=O)CCCCCN2C(=O)SC(=Cc3ccc(Cl)cc3)C2=O)s1. The first kappa shape index (κ1) is 24.4. The zero-order valence-corrected chi connectivity index (χ0v) is 20.2. The van der Waals surface area contributed by atoms with Crippen molar-refractivity contribution in [2.45, 2.75) is 51.9 Å². The first-order valence-corrected chi connectivity index (χ1v) is 12.6. The third-order valence-electron chi connectivity index (χ3n) is 4.78. The number of hydrogen-bond donors (Lipinski definition) is 1. The number of aromatic nitrogens is 2. The third-order valence-corrected chi connectivity index (χ3v) is 6.84. The minimum absolute atomic E-state index is 0.0970. The number of carbonyl (C=O) groups is 3. The summed E-state index contributed by atoms with van der Waals surface area (Å²) in [5.41, 5.74) is 0.818. The Kier molecular flexibility index (Phi) is 9.25. The summed E-state index contributed by atoms with van der Waals surface area (Å²) < 4.78 is 0. The second-order valence-corrected chi connectivity index (χ2v) is 9.84. The molecule has 0 radical (unpaired) electrons. The highest BCUT2D eigenvalue weighted by Crippen LogP contribution is 2.32. The van der Waals surface area contributed by atoms with Gasteiger partial charge in [0.2, 0.25) is 11.0 Å². The fourth-order valence-electron chi connectivity index (χ4n) is 3.05. The predicted octanol–water partition coefficient (Wildman–Crippen LogP) is 5.77. The van der Waals surface area contributed by atoms with Crippen LogP contribution in [0.3, 0.4) is 0 Å². The van der Waals surface area contributed by atoms with Crippen molar-refractivity contribution in [1.29, 1.82) is 0 Å². The number of nitrogens with one attached hydrogen (secondary N) is 1. The molecule has 0 unspecified atom stereocenters. The molecule has 0 spiro atoms. The van der Waals surface area contributed by atoms with Gasteiger partial charge in [-0.2, -0.15) is 0 Å². The van der Waals surface area contributed by atoms with Crippen LogP contribution in [0.15, 0.2) is 29.2 Å². The maximum atomic E-state index is 12.5. The van der Waals surface area contributed by atoms with E-state index in [4.69, 9.17) is 11.6 Å². The van der Waals surface area contributed by atoms with Gasteiger partial charge in [0.1, 0.15) is 5.01 Å². The Balaban J connectivity index is 1.37. The maximum absolute atomic E-state index is 12.5. The average Bonchev–Trinajstić information content (AvgIpc) is 3.32. The van der Waals surface area contributed by atoms with Crippen molar-refractivity contribution in [3.8, 4) is 0 Å². The lowest BCUT2D eigenvalue weighted by atomic mass is 10.1. The van der Waals surface area contributed by atoms with Gasteiger partial charge in [0.05, 0.1) is 4.91 Å². The summed E-state index contributed by atoms with van der Waals surface area (Å²) in [6.07, 6.45) is 7.16. The number of thioether (sulfide) groups is 1. The molecule has 170 valence electrons. The van der Waals surface area contributed by atoms with E-state index in [1.54, 1.807) is 30.3 Å². The van der Waals surface area contributed by atoms with Crippen LogP contribution >= 0.6 is 34.7 Å². The van der Waals surface area contributed by atoms with Gasteiger partial charge < -0.3 is 5.32 Å². The highest BCUT2D eigenvalue weighted by molar-refractivity contribution is 8.18.